The van der Waals surface area contributed by atoms with Crippen molar-refractivity contribution in [1.82, 2.24) is 10.3 Å². The van der Waals surface area contributed by atoms with E-state index in [0.717, 1.165) is 5.57 Å². The second-order valence-electron chi connectivity index (χ2n) is 3.35. The third-order valence-electron chi connectivity index (χ3n) is 1.79. The van der Waals surface area contributed by atoms with E-state index < -0.39 is 0 Å². The first-order valence-electron chi connectivity index (χ1n) is 4.62. The second-order valence-corrected chi connectivity index (χ2v) is 3.75. The van der Waals surface area contributed by atoms with Gasteiger partial charge in [-0.3, -0.25) is 9.78 Å². The lowest BCUT2D eigenvalue weighted by Crippen LogP contribution is -2.23. The molecule has 0 saturated carbocycles. The molecule has 0 fully saturated rings. The molecule has 0 aromatic carbocycles. The molecule has 0 aliphatic rings. The van der Waals surface area contributed by atoms with Gasteiger partial charge in [0.05, 0.1) is 10.6 Å². The van der Waals surface area contributed by atoms with E-state index in [4.69, 9.17) is 11.6 Å². The number of hydrogen-bond donors (Lipinski definition) is 1. The van der Waals surface area contributed by atoms with Gasteiger partial charge in [0, 0.05) is 18.9 Å². The lowest BCUT2D eigenvalue weighted by atomic mass is 10.2. The number of rotatable bonds is 3. The number of halogens is 1. The first kappa shape index (κ1) is 11.7. The number of nitrogens with one attached hydrogen (secondary N) is 1. The highest BCUT2D eigenvalue weighted by Crippen LogP contribution is 2.12. The molecule has 4 heteroatoms. The van der Waals surface area contributed by atoms with Gasteiger partial charge in [-0.1, -0.05) is 23.3 Å². The molecule has 1 amide bonds. The summed E-state index contributed by atoms with van der Waals surface area (Å²) < 4.78 is 0. The van der Waals surface area contributed by atoms with Crippen LogP contribution < -0.4 is 5.32 Å². The summed E-state index contributed by atoms with van der Waals surface area (Å²) in [6.07, 6.45) is 4.94. The molecule has 80 valence electrons. The fourth-order valence-electron chi connectivity index (χ4n) is 1.00. The van der Waals surface area contributed by atoms with Crippen LogP contribution in [0, 0.1) is 0 Å². The zero-order valence-electron chi connectivity index (χ0n) is 8.75. The van der Waals surface area contributed by atoms with Crippen LogP contribution in [0.25, 0.3) is 0 Å². The molecule has 3 nitrogen and oxygen atoms in total. The first-order chi connectivity index (χ1) is 7.11. The Kier molecular flexibility index (Phi) is 4.31. The summed E-state index contributed by atoms with van der Waals surface area (Å²) in [6, 6.07) is 1.60. The van der Waals surface area contributed by atoms with Crippen molar-refractivity contribution in [2.45, 2.75) is 13.8 Å². The zero-order valence-corrected chi connectivity index (χ0v) is 9.51. The molecule has 15 heavy (non-hydrogen) atoms. The highest BCUT2D eigenvalue weighted by atomic mass is 35.5. The summed E-state index contributed by atoms with van der Waals surface area (Å²) in [7, 11) is 0. The molecule has 1 N–H and O–H groups in total. The molecule has 1 rings (SSSR count). The number of allylic oxidation sites excluding steroid dienone is 1. The van der Waals surface area contributed by atoms with E-state index in [9.17, 15) is 4.79 Å². The van der Waals surface area contributed by atoms with E-state index in [2.05, 4.69) is 10.3 Å². The van der Waals surface area contributed by atoms with Gasteiger partial charge in [0.1, 0.15) is 0 Å². The molecule has 1 aromatic rings. The predicted molar refractivity (Wildman–Crippen MR) is 61.0 cm³/mol. The SMILES string of the molecule is CC(C)=CCNC(=O)c1ccncc1Cl. The quantitative estimate of drug-likeness (QED) is 0.802. The molecule has 0 saturated heterocycles. The van der Waals surface area contributed by atoms with Crippen LogP contribution in [0.1, 0.15) is 24.2 Å². The van der Waals surface area contributed by atoms with Crippen molar-refractivity contribution in [3.8, 4) is 0 Å². The molecule has 0 atom stereocenters. The molecule has 0 spiro atoms. The lowest BCUT2D eigenvalue weighted by Gasteiger charge is -2.03. The van der Waals surface area contributed by atoms with E-state index in [1.54, 1.807) is 12.3 Å². The van der Waals surface area contributed by atoms with Crippen LogP contribution in [0.4, 0.5) is 0 Å². The van der Waals surface area contributed by atoms with Crippen molar-refractivity contribution in [3.05, 3.63) is 40.7 Å². The summed E-state index contributed by atoms with van der Waals surface area (Å²) in [6.45, 7) is 4.47. The molecule has 0 radical (unpaired) electrons. The van der Waals surface area contributed by atoms with Crippen LogP contribution >= 0.6 is 11.6 Å². The normalized spacial score (nSPS) is 9.53. The Bertz CT molecular complexity index is 384. The Labute approximate surface area is 94.2 Å². The van der Waals surface area contributed by atoms with Crippen molar-refractivity contribution in [1.29, 1.82) is 0 Å². The molecule has 0 aliphatic carbocycles. The van der Waals surface area contributed by atoms with Gasteiger partial charge in [-0.15, -0.1) is 0 Å². The number of carbonyl (C=O) groups is 1. The van der Waals surface area contributed by atoms with E-state index in [0.29, 0.717) is 17.1 Å². The summed E-state index contributed by atoms with van der Waals surface area (Å²) >= 11 is 5.82. The molecular formula is C11H13ClN2O. The number of carbonyl (C=O) groups excluding carboxylic acids is 1. The Morgan fingerprint density at radius 1 is 1.60 bits per heavy atom. The minimum atomic E-state index is -0.181. The first-order valence-corrected chi connectivity index (χ1v) is 5.00. The number of pyridine rings is 1. The van der Waals surface area contributed by atoms with E-state index >= 15 is 0 Å². The van der Waals surface area contributed by atoms with Crippen molar-refractivity contribution in [3.63, 3.8) is 0 Å². The second kappa shape index (κ2) is 5.51. The van der Waals surface area contributed by atoms with E-state index in [1.807, 2.05) is 19.9 Å². The fourth-order valence-corrected chi connectivity index (χ4v) is 1.21. The van der Waals surface area contributed by atoms with Gasteiger partial charge in [-0.05, 0) is 19.9 Å². The smallest absolute Gasteiger partial charge is 0.253 e. The average molecular weight is 225 g/mol. The Morgan fingerprint density at radius 2 is 2.33 bits per heavy atom. The van der Waals surface area contributed by atoms with E-state index in [-0.39, 0.29) is 5.91 Å². The maximum absolute atomic E-state index is 11.6. The van der Waals surface area contributed by atoms with Gasteiger partial charge in [0.2, 0.25) is 0 Å². The molecule has 0 aliphatic heterocycles. The Hall–Kier alpha value is -1.35. The largest absolute Gasteiger partial charge is 0.349 e. The van der Waals surface area contributed by atoms with Crippen molar-refractivity contribution in [2.24, 2.45) is 0 Å². The standard InChI is InChI=1S/C11H13ClN2O/c1-8(2)3-6-14-11(15)9-4-5-13-7-10(9)12/h3-5,7H,6H2,1-2H3,(H,14,15). The Balaban J connectivity index is 2.62. The van der Waals surface area contributed by atoms with Gasteiger partial charge in [-0.2, -0.15) is 0 Å². The van der Waals surface area contributed by atoms with Crippen molar-refractivity contribution < 1.29 is 4.79 Å². The maximum atomic E-state index is 11.6. The van der Waals surface area contributed by atoms with Gasteiger partial charge in [0.25, 0.3) is 5.91 Å². The molecule has 0 bridgehead atoms. The van der Waals surface area contributed by atoms with Crippen LogP contribution in [0.15, 0.2) is 30.1 Å². The minimum absolute atomic E-state index is 0.181. The highest BCUT2D eigenvalue weighted by molar-refractivity contribution is 6.33. The molecular weight excluding hydrogens is 212 g/mol. The summed E-state index contributed by atoms with van der Waals surface area (Å²) in [4.78, 5) is 15.4. The zero-order chi connectivity index (χ0) is 11.3. The number of amides is 1. The van der Waals surface area contributed by atoms with E-state index in [1.165, 1.54) is 6.20 Å². The van der Waals surface area contributed by atoms with Gasteiger partial charge >= 0.3 is 0 Å². The van der Waals surface area contributed by atoms with Crippen LogP contribution in [0.2, 0.25) is 5.02 Å². The monoisotopic (exact) mass is 224 g/mol. The summed E-state index contributed by atoms with van der Waals surface area (Å²) in [5.74, 6) is -0.181. The van der Waals surface area contributed by atoms with Crippen LogP contribution in [0.3, 0.4) is 0 Å². The predicted octanol–water partition coefficient (Wildman–Crippen LogP) is 2.43. The molecule has 1 aromatic heterocycles. The number of aromatic nitrogens is 1. The van der Waals surface area contributed by atoms with Crippen LogP contribution in [-0.4, -0.2) is 17.4 Å². The summed E-state index contributed by atoms with van der Waals surface area (Å²) in [5, 5.41) is 3.11. The number of hydrogen-bond acceptors (Lipinski definition) is 2. The lowest BCUT2D eigenvalue weighted by molar-refractivity contribution is 0.0958. The van der Waals surface area contributed by atoms with Crippen LogP contribution in [0.5, 0.6) is 0 Å². The fraction of sp³-hybridized carbons (Fsp3) is 0.273. The highest BCUT2D eigenvalue weighted by Gasteiger charge is 2.07. The molecule has 0 unspecified atom stereocenters. The van der Waals surface area contributed by atoms with Crippen molar-refractivity contribution in [2.75, 3.05) is 6.54 Å². The van der Waals surface area contributed by atoms with Crippen LogP contribution in [-0.2, 0) is 0 Å². The maximum Gasteiger partial charge on any atom is 0.253 e. The third-order valence-corrected chi connectivity index (χ3v) is 2.09. The van der Waals surface area contributed by atoms with Crippen molar-refractivity contribution >= 4 is 17.5 Å². The topological polar surface area (TPSA) is 42.0 Å². The Morgan fingerprint density at radius 3 is 2.93 bits per heavy atom. The number of nitrogens with zero attached hydrogens (tertiary/aromatic N) is 1. The minimum Gasteiger partial charge on any atom is -0.349 e. The summed E-state index contributed by atoms with van der Waals surface area (Å²) in [5.41, 5.74) is 1.62. The van der Waals surface area contributed by atoms with Gasteiger partial charge in [0.15, 0.2) is 0 Å². The third kappa shape index (κ3) is 3.72. The molecule has 1 heterocycles. The van der Waals surface area contributed by atoms with Gasteiger partial charge < -0.3 is 5.32 Å². The van der Waals surface area contributed by atoms with Gasteiger partial charge in [-0.25, -0.2) is 0 Å². The average Bonchev–Trinajstić information content (AvgIpc) is 2.17.